The second-order valence-corrected chi connectivity index (χ2v) is 3.71. The van der Waals surface area contributed by atoms with E-state index < -0.39 is 0 Å². The topological polar surface area (TPSA) is 30.8 Å². The first-order chi connectivity index (χ1) is 5.77. The molecule has 0 aromatic carbocycles. The predicted octanol–water partition coefficient (Wildman–Crippen LogP) is 1.23. The molecule has 2 unspecified atom stereocenters. The molecule has 2 atom stereocenters. The molecule has 68 valence electrons. The van der Waals surface area contributed by atoms with Crippen LogP contribution in [0.15, 0.2) is 4.99 Å². The molecule has 0 aliphatic carbocycles. The van der Waals surface area contributed by atoms with Crippen LogP contribution in [0, 0.1) is 5.92 Å². The molecule has 2 heterocycles. The summed E-state index contributed by atoms with van der Waals surface area (Å²) in [4.78, 5) is 4.48. The van der Waals surface area contributed by atoms with E-state index in [2.05, 4.69) is 18.8 Å². The average Bonchev–Trinajstić information content (AvgIpc) is 2.46. The molecule has 1 saturated heterocycles. The normalized spacial score (nSPS) is 34.4. The Morgan fingerprint density at radius 1 is 1.50 bits per heavy atom. The Bertz CT molecular complexity index is 201. The van der Waals surface area contributed by atoms with Gasteiger partial charge in [-0.15, -0.1) is 0 Å². The summed E-state index contributed by atoms with van der Waals surface area (Å²) in [6.07, 6.45) is 1.29. The van der Waals surface area contributed by atoms with Gasteiger partial charge in [0.1, 0.15) is 12.1 Å². The van der Waals surface area contributed by atoms with Crippen molar-refractivity contribution in [3.8, 4) is 0 Å². The van der Waals surface area contributed by atoms with Crippen molar-refractivity contribution in [1.82, 2.24) is 0 Å². The molecule has 3 heteroatoms. The van der Waals surface area contributed by atoms with E-state index in [-0.39, 0.29) is 6.04 Å². The van der Waals surface area contributed by atoms with Gasteiger partial charge in [0.25, 0.3) is 0 Å². The van der Waals surface area contributed by atoms with Crippen LogP contribution in [0.25, 0.3) is 0 Å². The minimum Gasteiger partial charge on any atom is -0.475 e. The Morgan fingerprint density at radius 3 is 3.00 bits per heavy atom. The SMILES string of the molecule is CC(C)C1=NC2COCCC2O1. The number of ether oxygens (including phenoxy) is 2. The molecule has 0 aromatic rings. The largest absolute Gasteiger partial charge is 0.475 e. The summed E-state index contributed by atoms with van der Waals surface area (Å²) in [7, 11) is 0. The van der Waals surface area contributed by atoms with E-state index in [4.69, 9.17) is 9.47 Å². The fourth-order valence-electron chi connectivity index (χ4n) is 1.60. The average molecular weight is 169 g/mol. The molecule has 2 aliphatic heterocycles. The molecule has 2 aliphatic rings. The standard InChI is InChI=1S/C9H15NO2/c1-6(2)9-10-7-5-11-4-3-8(7)12-9/h6-8H,3-5H2,1-2H3. The zero-order chi connectivity index (χ0) is 8.55. The van der Waals surface area contributed by atoms with E-state index in [0.717, 1.165) is 25.5 Å². The number of rotatable bonds is 1. The van der Waals surface area contributed by atoms with Crippen LogP contribution >= 0.6 is 0 Å². The second-order valence-electron chi connectivity index (χ2n) is 3.71. The highest BCUT2D eigenvalue weighted by Crippen LogP contribution is 2.23. The van der Waals surface area contributed by atoms with Crippen molar-refractivity contribution in [1.29, 1.82) is 0 Å². The molecule has 0 bridgehead atoms. The van der Waals surface area contributed by atoms with Gasteiger partial charge in [0, 0.05) is 12.3 Å². The molecular weight excluding hydrogens is 154 g/mol. The van der Waals surface area contributed by atoms with Gasteiger partial charge in [0.15, 0.2) is 5.90 Å². The van der Waals surface area contributed by atoms with Gasteiger partial charge in [-0.2, -0.15) is 0 Å². The Kier molecular flexibility index (Phi) is 2.05. The molecule has 0 radical (unpaired) electrons. The summed E-state index contributed by atoms with van der Waals surface area (Å²) in [5.41, 5.74) is 0. The van der Waals surface area contributed by atoms with Gasteiger partial charge >= 0.3 is 0 Å². The molecule has 2 rings (SSSR count). The molecular formula is C9H15NO2. The Labute approximate surface area is 72.8 Å². The van der Waals surface area contributed by atoms with Crippen LogP contribution in [0.5, 0.6) is 0 Å². The van der Waals surface area contributed by atoms with E-state index in [0.29, 0.717) is 12.0 Å². The third-order valence-electron chi connectivity index (χ3n) is 2.32. The zero-order valence-corrected chi connectivity index (χ0v) is 7.62. The van der Waals surface area contributed by atoms with Gasteiger partial charge in [-0.25, -0.2) is 4.99 Å². The monoisotopic (exact) mass is 169 g/mol. The molecule has 12 heavy (non-hydrogen) atoms. The molecule has 0 amide bonds. The van der Waals surface area contributed by atoms with Crippen molar-refractivity contribution in [3.63, 3.8) is 0 Å². The molecule has 3 nitrogen and oxygen atoms in total. The van der Waals surface area contributed by atoms with Crippen molar-refractivity contribution in [2.45, 2.75) is 32.4 Å². The van der Waals surface area contributed by atoms with Crippen LogP contribution in [0.1, 0.15) is 20.3 Å². The van der Waals surface area contributed by atoms with E-state index in [1.807, 2.05) is 0 Å². The fraction of sp³-hybridized carbons (Fsp3) is 0.889. The van der Waals surface area contributed by atoms with E-state index in [1.165, 1.54) is 0 Å². The van der Waals surface area contributed by atoms with Crippen LogP contribution in [0.3, 0.4) is 0 Å². The first-order valence-electron chi connectivity index (χ1n) is 4.59. The van der Waals surface area contributed by atoms with Gasteiger partial charge in [-0.05, 0) is 0 Å². The minimum absolute atomic E-state index is 0.274. The predicted molar refractivity (Wildman–Crippen MR) is 46.4 cm³/mol. The molecule has 0 aromatic heterocycles. The smallest absolute Gasteiger partial charge is 0.186 e. The van der Waals surface area contributed by atoms with Gasteiger partial charge in [-0.1, -0.05) is 13.8 Å². The molecule has 0 spiro atoms. The summed E-state index contributed by atoms with van der Waals surface area (Å²) in [5, 5.41) is 0. The maximum Gasteiger partial charge on any atom is 0.186 e. The summed E-state index contributed by atoms with van der Waals surface area (Å²) in [6, 6.07) is 0.274. The Hall–Kier alpha value is -0.570. The van der Waals surface area contributed by atoms with Gasteiger partial charge in [0.05, 0.1) is 13.2 Å². The zero-order valence-electron chi connectivity index (χ0n) is 7.62. The van der Waals surface area contributed by atoms with Crippen molar-refractivity contribution in [2.75, 3.05) is 13.2 Å². The first kappa shape index (κ1) is 8.05. The lowest BCUT2D eigenvalue weighted by atomic mass is 10.1. The fourth-order valence-corrected chi connectivity index (χ4v) is 1.60. The number of nitrogens with zero attached hydrogens (tertiary/aromatic N) is 1. The Balaban J connectivity index is 2.04. The summed E-state index contributed by atoms with van der Waals surface area (Å²) in [6.45, 7) is 5.77. The number of hydrogen-bond donors (Lipinski definition) is 0. The third-order valence-corrected chi connectivity index (χ3v) is 2.32. The van der Waals surface area contributed by atoms with E-state index in [9.17, 15) is 0 Å². The van der Waals surface area contributed by atoms with Crippen molar-refractivity contribution < 1.29 is 9.47 Å². The summed E-state index contributed by atoms with van der Waals surface area (Å²) >= 11 is 0. The van der Waals surface area contributed by atoms with Crippen LogP contribution in [-0.4, -0.2) is 31.3 Å². The quantitative estimate of drug-likeness (QED) is 0.591. The van der Waals surface area contributed by atoms with E-state index >= 15 is 0 Å². The second kappa shape index (κ2) is 3.05. The summed E-state index contributed by atoms with van der Waals surface area (Å²) < 4.78 is 11.0. The highest BCUT2D eigenvalue weighted by Gasteiger charge is 2.34. The lowest BCUT2D eigenvalue weighted by Crippen LogP contribution is -2.33. The Morgan fingerprint density at radius 2 is 2.33 bits per heavy atom. The highest BCUT2D eigenvalue weighted by atomic mass is 16.5. The maximum atomic E-state index is 5.70. The number of hydrogen-bond acceptors (Lipinski definition) is 3. The van der Waals surface area contributed by atoms with Crippen LogP contribution < -0.4 is 0 Å². The number of aliphatic imine (C=N–C) groups is 1. The number of fused-ring (bicyclic) bond motifs is 1. The van der Waals surface area contributed by atoms with Crippen molar-refractivity contribution in [2.24, 2.45) is 10.9 Å². The molecule has 1 fully saturated rings. The van der Waals surface area contributed by atoms with Gasteiger partial charge in [0.2, 0.25) is 0 Å². The first-order valence-corrected chi connectivity index (χ1v) is 4.59. The van der Waals surface area contributed by atoms with E-state index in [1.54, 1.807) is 0 Å². The van der Waals surface area contributed by atoms with Crippen LogP contribution in [0.2, 0.25) is 0 Å². The lowest BCUT2D eigenvalue weighted by Gasteiger charge is -2.22. The maximum absolute atomic E-state index is 5.70. The minimum atomic E-state index is 0.274. The van der Waals surface area contributed by atoms with Crippen LogP contribution in [0.4, 0.5) is 0 Å². The van der Waals surface area contributed by atoms with Crippen molar-refractivity contribution in [3.05, 3.63) is 0 Å². The van der Waals surface area contributed by atoms with Crippen LogP contribution in [-0.2, 0) is 9.47 Å². The molecule has 0 N–H and O–H groups in total. The van der Waals surface area contributed by atoms with Gasteiger partial charge < -0.3 is 9.47 Å². The summed E-state index contributed by atoms with van der Waals surface area (Å²) in [5.74, 6) is 1.33. The molecule has 0 saturated carbocycles. The van der Waals surface area contributed by atoms with Gasteiger partial charge in [-0.3, -0.25) is 0 Å². The third kappa shape index (κ3) is 1.33. The van der Waals surface area contributed by atoms with Crippen molar-refractivity contribution >= 4 is 5.90 Å². The highest BCUT2D eigenvalue weighted by molar-refractivity contribution is 5.80. The lowest BCUT2D eigenvalue weighted by molar-refractivity contribution is 0.0183.